The predicted molar refractivity (Wildman–Crippen MR) is 47.9 cm³/mol. The molecule has 1 fully saturated rings. The lowest BCUT2D eigenvalue weighted by molar-refractivity contribution is 0.00466. The molecule has 1 heterocycles. The Balaban J connectivity index is 2.07. The van der Waals surface area contributed by atoms with Crippen molar-refractivity contribution in [2.45, 2.75) is 25.0 Å². The third kappa shape index (κ3) is 1.87. The highest BCUT2D eigenvalue weighted by Crippen LogP contribution is 2.37. The Kier molecular flexibility index (Phi) is 2.29. The minimum Gasteiger partial charge on any atom is -0.390 e. The van der Waals surface area contributed by atoms with Gasteiger partial charge in [0, 0.05) is 18.0 Å². The molecule has 1 aliphatic carbocycles. The molecule has 3 heteroatoms. The van der Waals surface area contributed by atoms with Crippen LogP contribution in [0.1, 0.15) is 24.5 Å². The van der Waals surface area contributed by atoms with Crippen molar-refractivity contribution in [1.29, 1.82) is 0 Å². The fourth-order valence-electron chi connectivity index (χ4n) is 1.44. The lowest BCUT2D eigenvalue weighted by atomic mass is 10.0. The van der Waals surface area contributed by atoms with Gasteiger partial charge in [-0.1, -0.05) is 6.07 Å². The summed E-state index contributed by atoms with van der Waals surface area (Å²) in [6, 6.07) is 3.54. The van der Waals surface area contributed by atoms with Gasteiger partial charge >= 0.3 is 0 Å². The van der Waals surface area contributed by atoms with E-state index in [4.69, 9.17) is 0 Å². The van der Waals surface area contributed by atoms with Gasteiger partial charge in [-0.3, -0.25) is 4.98 Å². The lowest BCUT2D eigenvalue weighted by Gasteiger charge is -2.16. The summed E-state index contributed by atoms with van der Waals surface area (Å²) < 4.78 is 0. The minimum absolute atomic E-state index is 0.287. The zero-order valence-electron chi connectivity index (χ0n) is 7.30. The van der Waals surface area contributed by atoms with Gasteiger partial charge < -0.3 is 10.2 Å². The molecule has 0 aromatic carbocycles. The summed E-state index contributed by atoms with van der Waals surface area (Å²) in [5.74, 6) is 0.287. The van der Waals surface area contributed by atoms with E-state index in [1.165, 1.54) is 0 Å². The van der Waals surface area contributed by atoms with Gasteiger partial charge in [0.2, 0.25) is 0 Å². The SMILES string of the molecule is OC(c1cccnc1)C(O)C1CC1. The van der Waals surface area contributed by atoms with Crippen LogP contribution >= 0.6 is 0 Å². The number of aliphatic hydroxyl groups is 2. The molecular weight excluding hydrogens is 166 g/mol. The second-order valence-corrected chi connectivity index (χ2v) is 3.56. The first-order valence-electron chi connectivity index (χ1n) is 4.55. The Labute approximate surface area is 77.1 Å². The lowest BCUT2D eigenvalue weighted by Crippen LogP contribution is -2.20. The second-order valence-electron chi connectivity index (χ2n) is 3.56. The van der Waals surface area contributed by atoms with E-state index in [9.17, 15) is 10.2 Å². The molecule has 70 valence electrons. The first kappa shape index (κ1) is 8.66. The molecular formula is C10H13NO2. The molecule has 1 aromatic heterocycles. The van der Waals surface area contributed by atoms with E-state index in [0.29, 0.717) is 5.56 Å². The zero-order chi connectivity index (χ0) is 9.26. The summed E-state index contributed by atoms with van der Waals surface area (Å²) in [6.07, 6.45) is 3.90. The van der Waals surface area contributed by atoms with Crippen LogP contribution in [0.25, 0.3) is 0 Å². The summed E-state index contributed by atoms with van der Waals surface area (Å²) in [5.41, 5.74) is 0.696. The van der Waals surface area contributed by atoms with Gasteiger partial charge in [-0.2, -0.15) is 0 Å². The summed E-state index contributed by atoms with van der Waals surface area (Å²) >= 11 is 0. The molecule has 0 saturated heterocycles. The smallest absolute Gasteiger partial charge is 0.107 e. The fourth-order valence-corrected chi connectivity index (χ4v) is 1.44. The van der Waals surface area contributed by atoms with Crippen molar-refractivity contribution in [3.05, 3.63) is 30.1 Å². The fraction of sp³-hybridized carbons (Fsp3) is 0.500. The van der Waals surface area contributed by atoms with Crippen LogP contribution in [-0.4, -0.2) is 21.3 Å². The molecule has 13 heavy (non-hydrogen) atoms. The van der Waals surface area contributed by atoms with Crippen molar-refractivity contribution in [1.82, 2.24) is 4.98 Å². The first-order chi connectivity index (χ1) is 6.29. The van der Waals surface area contributed by atoms with Crippen LogP contribution in [0.15, 0.2) is 24.5 Å². The summed E-state index contributed by atoms with van der Waals surface area (Å²) in [4.78, 5) is 3.90. The molecule has 2 unspecified atom stereocenters. The minimum atomic E-state index is -0.777. The van der Waals surface area contributed by atoms with Crippen LogP contribution in [0.5, 0.6) is 0 Å². The van der Waals surface area contributed by atoms with E-state index in [2.05, 4.69) is 4.98 Å². The number of hydrogen-bond acceptors (Lipinski definition) is 3. The van der Waals surface area contributed by atoms with E-state index in [-0.39, 0.29) is 5.92 Å². The molecule has 3 nitrogen and oxygen atoms in total. The standard InChI is InChI=1S/C10H13NO2/c12-9(7-3-4-7)10(13)8-2-1-5-11-6-8/h1-2,5-7,9-10,12-13H,3-4H2. The normalized spacial score (nSPS) is 21.1. The van der Waals surface area contributed by atoms with Gasteiger partial charge in [-0.25, -0.2) is 0 Å². The van der Waals surface area contributed by atoms with Gasteiger partial charge in [0.25, 0.3) is 0 Å². The van der Waals surface area contributed by atoms with Crippen molar-refractivity contribution in [3.63, 3.8) is 0 Å². The highest BCUT2D eigenvalue weighted by atomic mass is 16.3. The summed E-state index contributed by atoms with van der Waals surface area (Å²) in [5, 5.41) is 19.3. The van der Waals surface area contributed by atoms with Crippen LogP contribution in [0.3, 0.4) is 0 Å². The molecule has 1 saturated carbocycles. The zero-order valence-corrected chi connectivity index (χ0v) is 7.30. The van der Waals surface area contributed by atoms with Crippen LogP contribution < -0.4 is 0 Å². The molecule has 2 atom stereocenters. The van der Waals surface area contributed by atoms with Crippen LogP contribution in [0.2, 0.25) is 0 Å². The monoisotopic (exact) mass is 179 g/mol. The molecule has 2 N–H and O–H groups in total. The van der Waals surface area contributed by atoms with E-state index in [1.807, 2.05) is 0 Å². The van der Waals surface area contributed by atoms with E-state index in [1.54, 1.807) is 24.5 Å². The van der Waals surface area contributed by atoms with Crippen LogP contribution in [0.4, 0.5) is 0 Å². The molecule has 0 bridgehead atoms. The number of rotatable bonds is 3. The Morgan fingerprint density at radius 3 is 2.69 bits per heavy atom. The van der Waals surface area contributed by atoms with Gasteiger partial charge in [0.1, 0.15) is 6.10 Å². The number of aliphatic hydroxyl groups excluding tert-OH is 2. The first-order valence-corrected chi connectivity index (χ1v) is 4.55. The Hall–Kier alpha value is -0.930. The molecule has 0 aliphatic heterocycles. The molecule has 1 aliphatic rings. The van der Waals surface area contributed by atoms with E-state index < -0.39 is 12.2 Å². The summed E-state index contributed by atoms with van der Waals surface area (Å²) in [6.45, 7) is 0. The summed E-state index contributed by atoms with van der Waals surface area (Å²) in [7, 11) is 0. The topological polar surface area (TPSA) is 53.4 Å². The van der Waals surface area contributed by atoms with Gasteiger partial charge in [-0.15, -0.1) is 0 Å². The predicted octanol–water partition coefficient (Wildman–Crippen LogP) is 0.886. The van der Waals surface area contributed by atoms with Crippen molar-refractivity contribution < 1.29 is 10.2 Å². The Morgan fingerprint density at radius 2 is 2.15 bits per heavy atom. The highest BCUT2D eigenvalue weighted by molar-refractivity contribution is 5.14. The average molecular weight is 179 g/mol. The molecule has 0 radical (unpaired) electrons. The average Bonchev–Trinajstić information content (AvgIpc) is 3.00. The number of nitrogens with zero attached hydrogens (tertiary/aromatic N) is 1. The number of aromatic nitrogens is 1. The number of hydrogen-bond donors (Lipinski definition) is 2. The third-order valence-electron chi connectivity index (χ3n) is 2.45. The Bertz CT molecular complexity index is 272. The van der Waals surface area contributed by atoms with Crippen LogP contribution in [-0.2, 0) is 0 Å². The van der Waals surface area contributed by atoms with Crippen molar-refractivity contribution in [2.24, 2.45) is 5.92 Å². The maximum atomic E-state index is 9.71. The van der Waals surface area contributed by atoms with Crippen LogP contribution in [0, 0.1) is 5.92 Å². The maximum absolute atomic E-state index is 9.71. The molecule has 0 amide bonds. The van der Waals surface area contributed by atoms with Gasteiger partial charge in [-0.05, 0) is 24.8 Å². The van der Waals surface area contributed by atoms with E-state index in [0.717, 1.165) is 12.8 Å². The largest absolute Gasteiger partial charge is 0.390 e. The van der Waals surface area contributed by atoms with Crippen molar-refractivity contribution >= 4 is 0 Å². The van der Waals surface area contributed by atoms with Crippen molar-refractivity contribution in [3.8, 4) is 0 Å². The third-order valence-corrected chi connectivity index (χ3v) is 2.45. The maximum Gasteiger partial charge on any atom is 0.107 e. The second kappa shape index (κ2) is 3.44. The molecule has 0 spiro atoms. The quantitative estimate of drug-likeness (QED) is 0.724. The number of pyridine rings is 1. The highest BCUT2D eigenvalue weighted by Gasteiger charge is 2.34. The Morgan fingerprint density at radius 1 is 1.38 bits per heavy atom. The van der Waals surface area contributed by atoms with Gasteiger partial charge in [0.15, 0.2) is 0 Å². The van der Waals surface area contributed by atoms with E-state index >= 15 is 0 Å². The molecule has 1 aromatic rings. The molecule has 2 rings (SSSR count). The van der Waals surface area contributed by atoms with Crippen molar-refractivity contribution in [2.75, 3.05) is 0 Å². The van der Waals surface area contributed by atoms with Gasteiger partial charge in [0.05, 0.1) is 6.10 Å².